The molecule has 0 bridgehead atoms. The maximum absolute atomic E-state index is 13.0. The van der Waals surface area contributed by atoms with Crippen molar-refractivity contribution in [2.24, 2.45) is 17.3 Å². The van der Waals surface area contributed by atoms with E-state index in [9.17, 15) is 19.2 Å². The van der Waals surface area contributed by atoms with E-state index < -0.39 is 34.7 Å². The minimum Gasteiger partial charge on any atom is -0.351 e. The Bertz CT molecular complexity index is 522. The fourth-order valence-electron chi connectivity index (χ4n) is 3.41. The van der Waals surface area contributed by atoms with Gasteiger partial charge in [0.1, 0.15) is 5.92 Å². The number of carbonyl (C=O) groups is 4. The zero-order valence-corrected chi connectivity index (χ0v) is 14.1. The van der Waals surface area contributed by atoms with Crippen molar-refractivity contribution in [1.29, 1.82) is 0 Å². The van der Waals surface area contributed by atoms with Crippen molar-refractivity contribution in [2.45, 2.75) is 58.9 Å². The van der Waals surface area contributed by atoms with Crippen molar-refractivity contribution in [3.05, 3.63) is 0 Å². The van der Waals surface area contributed by atoms with Crippen molar-refractivity contribution < 1.29 is 19.2 Å². The molecule has 1 saturated heterocycles. The van der Waals surface area contributed by atoms with Gasteiger partial charge in [-0.3, -0.25) is 25.0 Å². The van der Waals surface area contributed by atoms with E-state index in [-0.39, 0.29) is 5.91 Å². The summed E-state index contributed by atoms with van der Waals surface area (Å²) in [6, 6.07) is -0.827. The lowest BCUT2D eigenvalue weighted by molar-refractivity contribution is -0.154. The zero-order valence-electron chi connectivity index (χ0n) is 14.1. The molecule has 7 heteroatoms. The molecule has 2 aliphatic rings. The fraction of sp³-hybridized carbons (Fsp3) is 0.750. The first kappa shape index (κ1) is 17.4. The molecule has 0 aromatic heterocycles. The minimum absolute atomic E-state index is 0.290. The van der Waals surface area contributed by atoms with Gasteiger partial charge in [-0.25, -0.2) is 4.79 Å². The number of urea groups is 1. The summed E-state index contributed by atoms with van der Waals surface area (Å²) in [6.07, 6.45) is 2.44. The Labute approximate surface area is 135 Å². The van der Waals surface area contributed by atoms with Crippen LogP contribution in [0.25, 0.3) is 0 Å². The summed E-state index contributed by atoms with van der Waals surface area (Å²) in [4.78, 5) is 48.9. The monoisotopic (exact) mass is 323 g/mol. The second-order valence-electron chi connectivity index (χ2n) is 7.78. The number of carbonyl (C=O) groups excluding carboxylic acids is 4. The van der Waals surface area contributed by atoms with Crippen molar-refractivity contribution in [1.82, 2.24) is 16.0 Å². The summed E-state index contributed by atoms with van der Waals surface area (Å²) in [7, 11) is 0. The summed E-state index contributed by atoms with van der Waals surface area (Å²) in [5, 5.41) is 7.15. The molecule has 1 heterocycles. The highest BCUT2D eigenvalue weighted by molar-refractivity contribution is 6.18. The number of hydrogen-bond acceptors (Lipinski definition) is 4. The van der Waals surface area contributed by atoms with Gasteiger partial charge < -0.3 is 5.32 Å². The van der Waals surface area contributed by atoms with Gasteiger partial charge in [0.2, 0.25) is 17.7 Å². The van der Waals surface area contributed by atoms with E-state index >= 15 is 0 Å². The molecule has 0 aromatic rings. The summed E-state index contributed by atoms with van der Waals surface area (Å²) in [6.45, 7) is 7.66. The number of hydrogen-bond donors (Lipinski definition) is 3. The molecule has 1 aliphatic carbocycles. The first-order chi connectivity index (χ1) is 10.5. The Balaban J connectivity index is 2.37. The van der Waals surface area contributed by atoms with Crippen LogP contribution in [0.15, 0.2) is 0 Å². The van der Waals surface area contributed by atoms with E-state index in [0.29, 0.717) is 18.8 Å². The molecular formula is C16H25N3O4. The predicted molar refractivity (Wildman–Crippen MR) is 83.1 cm³/mol. The van der Waals surface area contributed by atoms with Crippen LogP contribution in [0.3, 0.4) is 0 Å². The molecule has 23 heavy (non-hydrogen) atoms. The zero-order chi connectivity index (χ0) is 17.4. The number of imide groups is 2. The van der Waals surface area contributed by atoms with Crippen molar-refractivity contribution >= 4 is 23.8 Å². The molecule has 1 saturated carbocycles. The van der Waals surface area contributed by atoms with E-state index in [1.807, 2.05) is 20.8 Å². The molecule has 3 N–H and O–H groups in total. The lowest BCUT2D eigenvalue weighted by Crippen LogP contribution is -2.65. The first-order valence-corrected chi connectivity index (χ1v) is 8.03. The Kier molecular flexibility index (Phi) is 4.50. The van der Waals surface area contributed by atoms with Crippen LogP contribution >= 0.6 is 0 Å². The Morgan fingerprint density at radius 2 is 1.57 bits per heavy atom. The molecule has 5 amide bonds. The largest absolute Gasteiger partial charge is 0.351 e. The number of nitrogens with one attached hydrogen (secondary N) is 3. The Morgan fingerprint density at radius 1 is 1.09 bits per heavy atom. The van der Waals surface area contributed by atoms with Crippen molar-refractivity contribution in [3.8, 4) is 0 Å². The van der Waals surface area contributed by atoms with E-state index in [0.717, 1.165) is 12.8 Å². The van der Waals surface area contributed by atoms with Crippen LogP contribution < -0.4 is 16.0 Å². The van der Waals surface area contributed by atoms with Crippen LogP contribution in [0.2, 0.25) is 0 Å². The third-order valence-corrected chi connectivity index (χ3v) is 4.66. The normalized spacial score (nSPS) is 29.7. The standard InChI is InChI=1S/C16H25N3O4/c1-9-5-7-16(8-6-9,13(22)19-15(2,3)4)10-11(20)17-14(23)18-12(10)21/h9-10H,5-8H2,1-4H3,(H,19,22)(H2,17,18,20,21,23). The highest BCUT2D eigenvalue weighted by atomic mass is 16.2. The van der Waals surface area contributed by atoms with Crippen LogP contribution in [0, 0.1) is 17.3 Å². The van der Waals surface area contributed by atoms with Gasteiger partial charge >= 0.3 is 6.03 Å². The Hall–Kier alpha value is -1.92. The summed E-state index contributed by atoms with van der Waals surface area (Å²) < 4.78 is 0. The van der Waals surface area contributed by atoms with E-state index in [2.05, 4.69) is 22.9 Å². The predicted octanol–water partition coefficient (Wildman–Crippen LogP) is 1.08. The molecule has 0 aromatic carbocycles. The lowest BCUT2D eigenvalue weighted by atomic mass is 9.62. The molecule has 2 rings (SSSR count). The highest BCUT2D eigenvalue weighted by Gasteiger charge is 2.56. The third-order valence-electron chi connectivity index (χ3n) is 4.66. The quantitative estimate of drug-likeness (QED) is 0.661. The van der Waals surface area contributed by atoms with Gasteiger partial charge in [-0.15, -0.1) is 0 Å². The van der Waals surface area contributed by atoms with E-state index in [1.54, 1.807) is 0 Å². The van der Waals surface area contributed by atoms with Crippen LogP contribution in [0.1, 0.15) is 53.4 Å². The lowest BCUT2D eigenvalue weighted by Gasteiger charge is -2.44. The molecule has 1 aliphatic heterocycles. The van der Waals surface area contributed by atoms with E-state index in [4.69, 9.17) is 0 Å². The third kappa shape index (κ3) is 3.54. The first-order valence-electron chi connectivity index (χ1n) is 8.03. The maximum atomic E-state index is 13.0. The number of amides is 5. The van der Waals surface area contributed by atoms with Gasteiger partial charge in [0.05, 0.1) is 5.41 Å². The SMILES string of the molecule is CC1CCC(C(=O)NC(C)(C)C)(C2C(=O)NC(=O)NC2=O)CC1. The topological polar surface area (TPSA) is 104 Å². The van der Waals surface area contributed by atoms with Gasteiger partial charge in [0.25, 0.3) is 0 Å². The molecular weight excluding hydrogens is 298 g/mol. The van der Waals surface area contributed by atoms with Gasteiger partial charge in [-0.05, 0) is 52.4 Å². The molecule has 7 nitrogen and oxygen atoms in total. The minimum atomic E-state index is -1.17. The average Bonchev–Trinajstić information content (AvgIpc) is 2.38. The average molecular weight is 323 g/mol. The highest BCUT2D eigenvalue weighted by Crippen LogP contribution is 2.46. The van der Waals surface area contributed by atoms with Gasteiger partial charge in [-0.1, -0.05) is 6.92 Å². The smallest absolute Gasteiger partial charge is 0.328 e. The summed E-state index contributed by atoms with van der Waals surface area (Å²) in [5.41, 5.74) is -1.57. The van der Waals surface area contributed by atoms with Crippen LogP contribution in [-0.2, 0) is 14.4 Å². The maximum Gasteiger partial charge on any atom is 0.328 e. The van der Waals surface area contributed by atoms with Crippen molar-refractivity contribution in [3.63, 3.8) is 0 Å². The molecule has 0 spiro atoms. The Morgan fingerprint density at radius 3 is 2.00 bits per heavy atom. The van der Waals surface area contributed by atoms with Gasteiger partial charge in [0.15, 0.2) is 0 Å². The van der Waals surface area contributed by atoms with Gasteiger partial charge in [-0.2, -0.15) is 0 Å². The molecule has 2 fully saturated rings. The number of barbiturate groups is 1. The second-order valence-corrected chi connectivity index (χ2v) is 7.78. The van der Waals surface area contributed by atoms with Gasteiger partial charge in [0, 0.05) is 5.54 Å². The molecule has 0 atom stereocenters. The van der Waals surface area contributed by atoms with Crippen molar-refractivity contribution in [2.75, 3.05) is 0 Å². The summed E-state index contributed by atoms with van der Waals surface area (Å²) >= 11 is 0. The second kappa shape index (κ2) is 5.94. The molecule has 0 radical (unpaired) electrons. The summed E-state index contributed by atoms with van der Waals surface area (Å²) in [5.74, 6) is -2.38. The molecule has 128 valence electrons. The van der Waals surface area contributed by atoms with Crippen LogP contribution in [0.4, 0.5) is 4.79 Å². The van der Waals surface area contributed by atoms with E-state index in [1.165, 1.54) is 0 Å². The molecule has 0 unspecified atom stereocenters. The van der Waals surface area contributed by atoms with Crippen LogP contribution in [-0.4, -0.2) is 29.3 Å². The van der Waals surface area contributed by atoms with Crippen LogP contribution in [0.5, 0.6) is 0 Å². The number of rotatable bonds is 2. The fourth-order valence-corrected chi connectivity index (χ4v) is 3.41.